The minimum atomic E-state index is -0.160. The Kier molecular flexibility index (Phi) is 6.22. The Morgan fingerprint density at radius 1 is 1.14 bits per heavy atom. The van der Waals surface area contributed by atoms with Crippen LogP contribution in [0.5, 0.6) is 11.5 Å². The predicted molar refractivity (Wildman–Crippen MR) is 114 cm³/mol. The second kappa shape index (κ2) is 8.82. The lowest BCUT2D eigenvalue weighted by Gasteiger charge is -2.12. The van der Waals surface area contributed by atoms with Crippen LogP contribution >= 0.6 is 0 Å². The molecule has 152 valence electrons. The highest BCUT2D eigenvalue weighted by Gasteiger charge is 2.20. The topological polar surface area (TPSA) is 65.4 Å². The molecule has 1 aromatic heterocycles. The van der Waals surface area contributed by atoms with Crippen molar-refractivity contribution in [2.45, 2.75) is 33.2 Å². The largest absolute Gasteiger partial charge is 0.497 e. The number of hydrogen-bond acceptors (Lipinski definition) is 4. The van der Waals surface area contributed by atoms with E-state index >= 15 is 0 Å². The van der Waals surface area contributed by atoms with Crippen LogP contribution in [-0.2, 0) is 0 Å². The average molecular weight is 393 g/mol. The number of nitrogens with zero attached hydrogens (tertiary/aromatic N) is 2. The van der Waals surface area contributed by atoms with E-state index in [1.807, 2.05) is 57.2 Å². The van der Waals surface area contributed by atoms with Gasteiger partial charge in [0.25, 0.3) is 5.91 Å². The maximum Gasteiger partial charge on any atom is 0.270 e. The zero-order valence-electron chi connectivity index (χ0n) is 17.5. The molecule has 29 heavy (non-hydrogen) atoms. The van der Waals surface area contributed by atoms with E-state index < -0.39 is 0 Å². The van der Waals surface area contributed by atoms with E-state index in [4.69, 9.17) is 14.6 Å². The summed E-state index contributed by atoms with van der Waals surface area (Å²) in [6.45, 7) is 6.04. The van der Waals surface area contributed by atoms with E-state index in [0.717, 1.165) is 23.2 Å². The number of amides is 1. The Hall–Kier alpha value is -3.28. The molecule has 0 aliphatic carbocycles. The molecule has 1 amide bonds. The average Bonchev–Trinajstić information content (AvgIpc) is 3.18. The predicted octanol–water partition coefficient (Wildman–Crippen LogP) is 4.39. The summed E-state index contributed by atoms with van der Waals surface area (Å²) in [4.78, 5) is 13.0. The molecule has 0 radical (unpaired) electrons. The van der Waals surface area contributed by atoms with Gasteiger partial charge in [0.05, 0.1) is 25.6 Å². The molecular formula is C23H27N3O3. The van der Waals surface area contributed by atoms with E-state index in [2.05, 4.69) is 5.32 Å². The van der Waals surface area contributed by atoms with E-state index in [9.17, 15) is 4.79 Å². The molecule has 1 heterocycles. The number of carbonyl (C=O) groups excluding carboxylic acids is 1. The summed E-state index contributed by atoms with van der Waals surface area (Å²) in [5.74, 6) is 1.16. The van der Waals surface area contributed by atoms with Gasteiger partial charge < -0.3 is 14.8 Å². The molecule has 0 saturated carbocycles. The van der Waals surface area contributed by atoms with Gasteiger partial charge in [0.1, 0.15) is 17.2 Å². The molecule has 0 spiro atoms. The third-order valence-corrected chi connectivity index (χ3v) is 4.86. The minimum absolute atomic E-state index is 0.0716. The number of carbonyl (C=O) groups is 1. The van der Waals surface area contributed by atoms with Crippen molar-refractivity contribution in [1.82, 2.24) is 15.1 Å². The fourth-order valence-electron chi connectivity index (χ4n) is 3.04. The second-order valence-electron chi connectivity index (χ2n) is 7.01. The third-order valence-electron chi connectivity index (χ3n) is 4.86. The van der Waals surface area contributed by atoms with E-state index in [0.29, 0.717) is 22.9 Å². The zero-order chi connectivity index (χ0) is 21.0. The number of aryl methyl sites for hydroxylation is 1. The first-order valence-corrected chi connectivity index (χ1v) is 9.67. The van der Waals surface area contributed by atoms with Crippen LogP contribution in [0.15, 0.2) is 48.5 Å². The fraction of sp³-hybridized carbons (Fsp3) is 0.304. The molecule has 3 aromatic rings. The summed E-state index contributed by atoms with van der Waals surface area (Å²) in [5.41, 5.74) is 3.84. The summed E-state index contributed by atoms with van der Waals surface area (Å²) in [6, 6.07) is 15.3. The molecule has 0 fully saturated rings. The number of methoxy groups -OCH3 is 2. The van der Waals surface area contributed by atoms with Crippen LogP contribution in [-0.4, -0.2) is 35.9 Å². The van der Waals surface area contributed by atoms with Crippen molar-refractivity contribution in [2.75, 3.05) is 14.2 Å². The highest BCUT2D eigenvalue weighted by atomic mass is 16.5. The maximum atomic E-state index is 13.0. The van der Waals surface area contributed by atoms with Crippen molar-refractivity contribution in [1.29, 1.82) is 0 Å². The van der Waals surface area contributed by atoms with E-state index in [-0.39, 0.29) is 11.9 Å². The second-order valence-corrected chi connectivity index (χ2v) is 7.01. The van der Waals surface area contributed by atoms with Crippen LogP contribution in [0.3, 0.4) is 0 Å². The molecule has 1 unspecified atom stereocenters. The number of aromatic nitrogens is 2. The van der Waals surface area contributed by atoms with Crippen LogP contribution < -0.4 is 14.8 Å². The third kappa shape index (κ3) is 4.42. The summed E-state index contributed by atoms with van der Waals surface area (Å²) in [7, 11) is 3.21. The van der Waals surface area contributed by atoms with E-state index in [1.54, 1.807) is 31.0 Å². The first kappa shape index (κ1) is 20.5. The molecule has 3 rings (SSSR count). The molecular weight excluding hydrogens is 366 g/mol. The monoisotopic (exact) mass is 393 g/mol. The molecule has 0 saturated heterocycles. The van der Waals surface area contributed by atoms with Gasteiger partial charge in [0, 0.05) is 17.7 Å². The van der Waals surface area contributed by atoms with Gasteiger partial charge in [-0.1, -0.05) is 19.1 Å². The van der Waals surface area contributed by atoms with Crippen molar-refractivity contribution >= 4 is 5.91 Å². The number of ether oxygens (including phenoxy) is 2. The number of benzene rings is 2. The molecule has 1 atom stereocenters. The lowest BCUT2D eigenvalue weighted by atomic mass is 10.1. The Balaban J connectivity index is 2.13. The van der Waals surface area contributed by atoms with E-state index in [1.165, 1.54) is 0 Å². The Morgan fingerprint density at radius 3 is 2.59 bits per heavy atom. The SMILES string of the molecule is CCC(C)NC(=O)c1cc(-c2ccc(OC)cc2OC)nn1-c1cccc(C)c1. The van der Waals surface area contributed by atoms with Gasteiger partial charge in [-0.05, 0) is 56.2 Å². The van der Waals surface area contributed by atoms with Gasteiger partial charge in [0.2, 0.25) is 0 Å². The highest BCUT2D eigenvalue weighted by molar-refractivity contribution is 5.94. The Bertz CT molecular complexity index is 1010. The first-order chi connectivity index (χ1) is 14.0. The maximum absolute atomic E-state index is 13.0. The fourth-order valence-corrected chi connectivity index (χ4v) is 3.04. The molecule has 0 aliphatic heterocycles. The van der Waals surface area contributed by atoms with Crippen molar-refractivity contribution in [3.05, 3.63) is 59.8 Å². The molecule has 6 nitrogen and oxygen atoms in total. The van der Waals surface area contributed by atoms with Gasteiger partial charge in [0.15, 0.2) is 0 Å². The number of rotatable bonds is 7. The van der Waals surface area contributed by atoms with Crippen molar-refractivity contribution in [3.8, 4) is 28.4 Å². The number of hydrogen-bond donors (Lipinski definition) is 1. The lowest BCUT2D eigenvalue weighted by Crippen LogP contribution is -2.33. The van der Waals surface area contributed by atoms with Crippen LogP contribution in [0.1, 0.15) is 36.3 Å². The number of nitrogens with one attached hydrogen (secondary N) is 1. The normalized spacial score (nSPS) is 11.8. The standard InChI is InChI=1S/C23H27N3O3/c1-6-16(3)24-23(27)21-14-20(19-11-10-18(28-4)13-22(19)29-5)25-26(21)17-9-7-8-15(2)12-17/h7-14,16H,6H2,1-5H3,(H,24,27). The molecule has 0 aliphatic rings. The Labute approximate surface area is 171 Å². The highest BCUT2D eigenvalue weighted by Crippen LogP contribution is 2.33. The lowest BCUT2D eigenvalue weighted by molar-refractivity contribution is 0.0931. The van der Waals surface area contributed by atoms with Gasteiger partial charge in [-0.2, -0.15) is 5.10 Å². The van der Waals surface area contributed by atoms with Gasteiger partial charge >= 0.3 is 0 Å². The Morgan fingerprint density at radius 2 is 1.93 bits per heavy atom. The van der Waals surface area contributed by atoms with Gasteiger partial charge in [-0.15, -0.1) is 0 Å². The molecule has 1 N–H and O–H groups in total. The quantitative estimate of drug-likeness (QED) is 0.646. The summed E-state index contributed by atoms with van der Waals surface area (Å²) < 4.78 is 12.5. The van der Waals surface area contributed by atoms with Crippen LogP contribution in [0.4, 0.5) is 0 Å². The smallest absolute Gasteiger partial charge is 0.270 e. The zero-order valence-corrected chi connectivity index (χ0v) is 17.5. The van der Waals surface area contributed by atoms with Gasteiger partial charge in [-0.3, -0.25) is 4.79 Å². The van der Waals surface area contributed by atoms with Crippen LogP contribution in [0, 0.1) is 6.92 Å². The summed E-state index contributed by atoms with van der Waals surface area (Å²) in [5, 5.41) is 7.78. The van der Waals surface area contributed by atoms with Crippen molar-refractivity contribution in [3.63, 3.8) is 0 Å². The van der Waals surface area contributed by atoms with Crippen LogP contribution in [0.2, 0.25) is 0 Å². The van der Waals surface area contributed by atoms with Gasteiger partial charge in [-0.25, -0.2) is 4.68 Å². The summed E-state index contributed by atoms with van der Waals surface area (Å²) in [6.07, 6.45) is 0.851. The molecule has 6 heteroatoms. The molecule has 2 aromatic carbocycles. The van der Waals surface area contributed by atoms with Crippen LogP contribution in [0.25, 0.3) is 16.9 Å². The first-order valence-electron chi connectivity index (χ1n) is 9.67. The van der Waals surface area contributed by atoms with Crippen molar-refractivity contribution in [2.24, 2.45) is 0 Å². The molecule has 0 bridgehead atoms. The van der Waals surface area contributed by atoms with Crippen molar-refractivity contribution < 1.29 is 14.3 Å². The summed E-state index contributed by atoms with van der Waals surface area (Å²) >= 11 is 0. The minimum Gasteiger partial charge on any atom is -0.497 e.